The first-order valence-corrected chi connectivity index (χ1v) is 11.4. The van der Waals surface area contributed by atoms with Crippen molar-refractivity contribution >= 4 is 11.5 Å². The van der Waals surface area contributed by atoms with E-state index < -0.39 is 17.7 Å². The predicted octanol–water partition coefficient (Wildman–Crippen LogP) is 6.65. The third kappa shape index (κ3) is 7.04. The van der Waals surface area contributed by atoms with Crippen LogP contribution in [0, 0.1) is 6.92 Å². The van der Waals surface area contributed by atoms with Crippen molar-refractivity contribution < 1.29 is 27.6 Å². The minimum absolute atomic E-state index is 0.0501. The fraction of sp³-hybridized carbons (Fsp3) is 0.250. The van der Waals surface area contributed by atoms with E-state index in [1.165, 1.54) is 12.1 Å². The van der Waals surface area contributed by atoms with Gasteiger partial charge in [0.05, 0.1) is 12.1 Å². The van der Waals surface area contributed by atoms with Crippen LogP contribution >= 0.6 is 0 Å². The van der Waals surface area contributed by atoms with Gasteiger partial charge < -0.3 is 9.63 Å². The third-order valence-corrected chi connectivity index (χ3v) is 5.59. The number of halogens is 3. The zero-order valence-electron chi connectivity index (χ0n) is 21.1. The topological polar surface area (TPSA) is 79.5 Å². The molecule has 0 aliphatic carbocycles. The number of hydrogen-bond donors (Lipinski definition) is 1. The lowest BCUT2D eigenvalue weighted by Crippen LogP contribution is -2.27. The number of nitrogens with zero attached hydrogens (tertiary/aromatic N) is 3. The maximum Gasteiger partial charge on any atom is 0.417 e. The molecule has 9 heteroatoms. The van der Waals surface area contributed by atoms with Crippen molar-refractivity contribution in [3.8, 4) is 22.6 Å². The molecule has 0 saturated carbocycles. The Labute approximate surface area is 213 Å². The van der Waals surface area contributed by atoms with E-state index >= 15 is 0 Å². The molecule has 1 N–H and O–H groups in total. The van der Waals surface area contributed by atoms with Crippen LogP contribution in [0.2, 0.25) is 0 Å². The van der Waals surface area contributed by atoms with Gasteiger partial charge in [-0.3, -0.25) is 9.69 Å². The zero-order valence-corrected chi connectivity index (χ0v) is 21.1. The Kier molecular flexibility index (Phi) is 8.49. The molecule has 0 saturated heterocycles. The predicted molar refractivity (Wildman–Crippen MR) is 137 cm³/mol. The van der Waals surface area contributed by atoms with Crippen molar-refractivity contribution in [3.63, 3.8) is 0 Å². The van der Waals surface area contributed by atoms with Gasteiger partial charge in [-0.2, -0.15) is 18.2 Å². The number of benzene rings is 2. The summed E-state index contributed by atoms with van der Waals surface area (Å²) in [5, 5.41) is 12.9. The fourth-order valence-electron chi connectivity index (χ4n) is 3.87. The second-order valence-electron chi connectivity index (χ2n) is 8.94. The Morgan fingerprint density at radius 3 is 2.43 bits per heavy atom. The van der Waals surface area contributed by atoms with E-state index in [2.05, 4.69) is 16.7 Å². The van der Waals surface area contributed by atoms with Crippen LogP contribution < -0.4 is 0 Å². The summed E-state index contributed by atoms with van der Waals surface area (Å²) in [6, 6.07) is 10.9. The molecule has 0 aliphatic heterocycles. The number of carboxylic acids is 1. The first-order chi connectivity index (χ1) is 17.4. The standard InChI is InChI=1S/C28H28F3N3O3/c1-17(2)21(12-10-18(3)15-34(5)16-25(35)36)26-32-27(37-33-26)20-11-13-23(24(14-20)28(29,30)31)22-9-7-6-8-19(22)4/h6-14H,1,15-16H2,2-5H3,(H,35,36)/b18-10+,21-12+. The molecule has 194 valence electrons. The second-order valence-corrected chi connectivity index (χ2v) is 8.94. The number of aryl methyl sites for hydroxylation is 1. The number of alkyl halides is 3. The first-order valence-electron chi connectivity index (χ1n) is 11.4. The molecule has 3 rings (SSSR count). The SMILES string of the molecule is C=C(C)/C(=C\C=C(/C)CN(C)CC(=O)O)c1noc(-c2ccc(-c3ccccc3C)c(C(F)(F)F)c2)n1. The van der Waals surface area contributed by atoms with Crippen molar-refractivity contribution in [2.75, 3.05) is 20.1 Å². The van der Waals surface area contributed by atoms with E-state index in [4.69, 9.17) is 9.63 Å². The van der Waals surface area contributed by atoms with Gasteiger partial charge in [-0.15, -0.1) is 0 Å². The summed E-state index contributed by atoms with van der Waals surface area (Å²) in [6.07, 6.45) is -1.07. The molecule has 0 aliphatic rings. The quantitative estimate of drug-likeness (QED) is 0.324. The average Bonchev–Trinajstić information content (AvgIpc) is 3.27. The molecule has 0 radical (unpaired) electrons. The van der Waals surface area contributed by atoms with Crippen LogP contribution in [0.5, 0.6) is 0 Å². The lowest BCUT2D eigenvalue weighted by molar-refractivity contribution is -0.138. The molecule has 0 fully saturated rings. The Morgan fingerprint density at radius 1 is 1.11 bits per heavy atom. The van der Waals surface area contributed by atoms with Crippen molar-refractivity contribution in [1.29, 1.82) is 0 Å². The normalized spacial score (nSPS) is 12.8. The number of aromatic nitrogens is 2. The van der Waals surface area contributed by atoms with Gasteiger partial charge in [-0.25, -0.2) is 0 Å². The first kappa shape index (κ1) is 27.6. The van der Waals surface area contributed by atoms with Gasteiger partial charge in [0.25, 0.3) is 5.89 Å². The van der Waals surface area contributed by atoms with Crippen LogP contribution in [0.1, 0.15) is 30.8 Å². The fourth-order valence-corrected chi connectivity index (χ4v) is 3.87. The summed E-state index contributed by atoms with van der Waals surface area (Å²) in [5.74, 6) is -0.790. The van der Waals surface area contributed by atoms with Gasteiger partial charge in [-0.1, -0.05) is 59.8 Å². The van der Waals surface area contributed by atoms with Crippen molar-refractivity contribution in [3.05, 3.63) is 89.3 Å². The number of likely N-dealkylation sites (N-methyl/N-ethyl adjacent to an activating group) is 1. The van der Waals surface area contributed by atoms with Gasteiger partial charge in [0.15, 0.2) is 0 Å². The molecule has 6 nitrogen and oxygen atoms in total. The van der Waals surface area contributed by atoms with Crippen molar-refractivity contribution in [1.82, 2.24) is 15.0 Å². The van der Waals surface area contributed by atoms with E-state index in [0.29, 0.717) is 23.3 Å². The number of hydrogen-bond acceptors (Lipinski definition) is 5. The molecule has 0 spiro atoms. The molecule has 1 heterocycles. The van der Waals surface area contributed by atoms with Gasteiger partial charge in [0.2, 0.25) is 5.82 Å². The summed E-state index contributed by atoms with van der Waals surface area (Å²) in [5.41, 5.74) is 2.71. The summed E-state index contributed by atoms with van der Waals surface area (Å²) in [6.45, 7) is 9.63. The molecule has 0 atom stereocenters. The molecule has 0 amide bonds. The van der Waals surface area contributed by atoms with Crippen LogP contribution in [0.15, 0.2) is 76.9 Å². The Morgan fingerprint density at radius 2 is 1.81 bits per heavy atom. The van der Waals surface area contributed by atoms with Crippen LogP contribution in [0.3, 0.4) is 0 Å². The lowest BCUT2D eigenvalue weighted by Gasteiger charge is -2.15. The van der Waals surface area contributed by atoms with Crippen LogP contribution in [-0.4, -0.2) is 46.3 Å². The van der Waals surface area contributed by atoms with Gasteiger partial charge in [0, 0.05) is 17.7 Å². The van der Waals surface area contributed by atoms with Crippen LogP contribution in [-0.2, 0) is 11.0 Å². The summed E-state index contributed by atoms with van der Waals surface area (Å²) in [4.78, 5) is 16.8. The molecule has 37 heavy (non-hydrogen) atoms. The van der Waals surface area contributed by atoms with E-state index in [1.54, 1.807) is 62.2 Å². The lowest BCUT2D eigenvalue weighted by atomic mass is 9.94. The average molecular weight is 512 g/mol. The number of carboxylic acid groups (broad SMARTS) is 1. The highest BCUT2D eigenvalue weighted by molar-refractivity contribution is 5.77. The van der Waals surface area contributed by atoms with E-state index in [1.807, 2.05) is 6.92 Å². The van der Waals surface area contributed by atoms with E-state index in [9.17, 15) is 18.0 Å². The summed E-state index contributed by atoms with van der Waals surface area (Å²) < 4.78 is 47.4. The number of carbonyl (C=O) groups is 1. The van der Waals surface area contributed by atoms with E-state index in [-0.39, 0.29) is 29.4 Å². The molecule has 0 unspecified atom stereocenters. The van der Waals surface area contributed by atoms with Gasteiger partial charge in [-0.05, 0) is 62.2 Å². The highest BCUT2D eigenvalue weighted by atomic mass is 19.4. The maximum absolute atomic E-state index is 14.0. The van der Waals surface area contributed by atoms with Crippen LogP contribution in [0.4, 0.5) is 13.2 Å². The third-order valence-electron chi connectivity index (χ3n) is 5.59. The molecular weight excluding hydrogens is 483 g/mol. The Hall–Kier alpha value is -3.98. The van der Waals surface area contributed by atoms with Gasteiger partial charge in [0.1, 0.15) is 0 Å². The summed E-state index contributed by atoms with van der Waals surface area (Å²) in [7, 11) is 1.69. The maximum atomic E-state index is 14.0. The zero-order chi connectivity index (χ0) is 27.3. The number of aliphatic carboxylic acids is 1. The largest absolute Gasteiger partial charge is 0.480 e. The van der Waals surface area contributed by atoms with Crippen molar-refractivity contribution in [2.24, 2.45) is 0 Å². The minimum atomic E-state index is -4.59. The smallest absolute Gasteiger partial charge is 0.417 e. The van der Waals surface area contributed by atoms with Crippen molar-refractivity contribution in [2.45, 2.75) is 26.9 Å². The highest BCUT2D eigenvalue weighted by Gasteiger charge is 2.34. The Bertz CT molecular complexity index is 1370. The molecular formula is C28H28F3N3O3. The molecule has 3 aromatic rings. The highest BCUT2D eigenvalue weighted by Crippen LogP contribution is 2.40. The summed E-state index contributed by atoms with van der Waals surface area (Å²) >= 11 is 0. The van der Waals surface area contributed by atoms with Crippen LogP contribution in [0.25, 0.3) is 28.2 Å². The Balaban J connectivity index is 1.96. The minimum Gasteiger partial charge on any atom is -0.480 e. The monoisotopic (exact) mass is 511 g/mol. The van der Waals surface area contributed by atoms with E-state index in [0.717, 1.165) is 17.2 Å². The molecule has 2 aromatic carbocycles. The number of rotatable bonds is 9. The second kappa shape index (κ2) is 11.4. The number of allylic oxidation sites excluding steroid dienone is 4. The molecule has 0 bridgehead atoms. The molecule has 1 aromatic heterocycles. The van der Waals surface area contributed by atoms with Gasteiger partial charge >= 0.3 is 12.1 Å².